The summed E-state index contributed by atoms with van der Waals surface area (Å²) in [6, 6.07) is 28.7. The van der Waals surface area contributed by atoms with Crippen LogP contribution in [0.15, 0.2) is 107 Å². The minimum Gasteiger partial charge on any atom is -0.507 e. The zero-order valence-corrected chi connectivity index (χ0v) is 27.7. The van der Waals surface area contributed by atoms with Gasteiger partial charge in [-0.3, -0.25) is 9.72 Å². The zero-order valence-electron chi connectivity index (χ0n) is 26.1. The van der Waals surface area contributed by atoms with Crippen molar-refractivity contribution in [3.05, 3.63) is 114 Å². The Morgan fingerprint density at radius 3 is 2.50 bits per heavy atom. The molecule has 0 aliphatic heterocycles. The normalized spacial score (nSPS) is 11.6. The topological polar surface area (TPSA) is 109 Å². The third-order valence-corrected chi connectivity index (χ3v) is 9.69. The maximum Gasteiger partial charge on any atom is 0.320 e. The van der Waals surface area contributed by atoms with E-state index in [2.05, 4.69) is 40.9 Å². The number of benzene rings is 3. The molecule has 0 unspecified atom stereocenters. The number of aromatic nitrogens is 5. The van der Waals surface area contributed by atoms with E-state index in [-0.39, 0.29) is 17.2 Å². The number of rotatable bonds is 10. The SMILES string of the molecule is CSCC(C)(C)c1cc(NC(=O)NCc2ccccc2Sc2ccc3nnc(-c4ccccc4O)n3c2)n(-c2ccc(C)cc2)n1. The van der Waals surface area contributed by atoms with Crippen molar-refractivity contribution in [1.29, 1.82) is 0 Å². The zero-order chi connectivity index (χ0) is 32.3. The number of aryl methyl sites for hydroxylation is 1. The van der Waals surface area contributed by atoms with Gasteiger partial charge in [0.2, 0.25) is 0 Å². The molecule has 11 heteroatoms. The molecule has 0 saturated heterocycles. The van der Waals surface area contributed by atoms with Gasteiger partial charge in [-0.15, -0.1) is 10.2 Å². The third kappa shape index (κ3) is 6.75. The van der Waals surface area contributed by atoms with E-state index in [4.69, 9.17) is 5.10 Å². The second-order valence-corrected chi connectivity index (χ2v) is 13.6. The molecular weight excluding hydrogens is 615 g/mol. The van der Waals surface area contributed by atoms with Crippen LogP contribution in [0.2, 0.25) is 0 Å². The fraction of sp³-hybridized carbons (Fsp3) is 0.200. The number of nitrogens with zero attached hydrogens (tertiary/aromatic N) is 5. The van der Waals surface area contributed by atoms with Gasteiger partial charge >= 0.3 is 6.03 Å². The van der Waals surface area contributed by atoms with Gasteiger partial charge in [0.15, 0.2) is 11.5 Å². The average Bonchev–Trinajstić information content (AvgIpc) is 3.66. The lowest BCUT2D eigenvalue weighted by Crippen LogP contribution is -2.29. The molecule has 0 saturated carbocycles. The number of fused-ring (bicyclic) bond motifs is 1. The molecule has 0 spiro atoms. The van der Waals surface area contributed by atoms with Gasteiger partial charge in [-0.25, -0.2) is 9.48 Å². The van der Waals surface area contributed by atoms with Gasteiger partial charge in [-0.05, 0) is 61.2 Å². The number of hydrogen-bond donors (Lipinski definition) is 3. The van der Waals surface area contributed by atoms with E-state index in [1.807, 2.05) is 96.4 Å². The molecule has 0 bridgehead atoms. The first-order valence-electron chi connectivity index (χ1n) is 14.8. The molecule has 3 heterocycles. The molecule has 9 nitrogen and oxygen atoms in total. The van der Waals surface area contributed by atoms with Gasteiger partial charge in [-0.1, -0.05) is 73.6 Å². The van der Waals surface area contributed by atoms with Crippen molar-refractivity contribution in [3.8, 4) is 22.8 Å². The molecule has 2 amide bonds. The number of pyridine rings is 1. The number of phenols is 1. The Kier molecular flexibility index (Phi) is 9.05. The van der Waals surface area contributed by atoms with Crippen molar-refractivity contribution in [2.75, 3.05) is 17.3 Å². The Labute approximate surface area is 276 Å². The Balaban J connectivity index is 1.20. The first kappa shape index (κ1) is 31.3. The van der Waals surface area contributed by atoms with E-state index >= 15 is 0 Å². The van der Waals surface area contributed by atoms with Gasteiger partial charge in [-0.2, -0.15) is 16.9 Å². The van der Waals surface area contributed by atoms with Crippen LogP contribution in [0.5, 0.6) is 5.75 Å². The molecule has 0 fully saturated rings. The standard InChI is InChI=1S/C35H35N7O2S2/c1-23-13-15-25(16-14-23)42-32(19-30(40-42)35(2,3)22-45-4)37-34(44)36-20-24-9-5-8-12-29(24)46-26-17-18-31-38-39-33(41(31)21-26)27-10-6-7-11-28(27)43/h5-19,21,43H,20,22H2,1-4H3,(H2,36,37,44). The number of carbonyl (C=O) groups excluding carboxylic acids is 1. The summed E-state index contributed by atoms with van der Waals surface area (Å²) < 4.78 is 3.67. The highest BCUT2D eigenvalue weighted by molar-refractivity contribution is 7.99. The maximum atomic E-state index is 13.3. The van der Waals surface area contributed by atoms with E-state index < -0.39 is 0 Å². The lowest BCUT2D eigenvalue weighted by molar-refractivity contribution is 0.251. The lowest BCUT2D eigenvalue weighted by atomic mass is 9.92. The summed E-state index contributed by atoms with van der Waals surface area (Å²) in [7, 11) is 0. The van der Waals surface area contributed by atoms with Crippen molar-refractivity contribution in [2.24, 2.45) is 0 Å². The third-order valence-electron chi connectivity index (χ3n) is 7.59. The predicted molar refractivity (Wildman–Crippen MR) is 186 cm³/mol. The number of phenolic OH excluding ortho intramolecular Hbond substituents is 1. The summed E-state index contributed by atoms with van der Waals surface area (Å²) >= 11 is 3.35. The van der Waals surface area contributed by atoms with Crippen LogP contribution in [0.3, 0.4) is 0 Å². The van der Waals surface area contributed by atoms with Crippen molar-refractivity contribution in [2.45, 2.75) is 42.5 Å². The van der Waals surface area contributed by atoms with E-state index in [1.54, 1.807) is 40.3 Å². The van der Waals surface area contributed by atoms with E-state index in [9.17, 15) is 9.90 Å². The highest BCUT2D eigenvalue weighted by Crippen LogP contribution is 2.33. The summed E-state index contributed by atoms with van der Waals surface area (Å²) in [5.41, 5.74) is 5.04. The van der Waals surface area contributed by atoms with Crippen LogP contribution >= 0.6 is 23.5 Å². The first-order chi connectivity index (χ1) is 22.2. The van der Waals surface area contributed by atoms with Crippen LogP contribution in [0.4, 0.5) is 10.6 Å². The fourth-order valence-electron chi connectivity index (χ4n) is 5.11. The number of carbonyl (C=O) groups is 1. The van der Waals surface area contributed by atoms with Crippen molar-refractivity contribution in [3.63, 3.8) is 0 Å². The van der Waals surface area contributed by atoms with Crippen LogP contribution in [0.25, 0.3) is 22.7 Å². The van der Waals surface area contributed by atoms with Crippen LogP contribution in [-0.2, 0) is 12.0 Å². The number of urea groups is 1. The van der Waals surface area contributed by atoms with Crippen LogP contribution in [0, 0.1) is 6.92 Å². The minimum absolute atomic E-state index is 0.145. The van der Waals surface area contributed by atoms with Gasteiger partial charge < -0.3 is 10.4 Å². The quantitative estimate of drug-likeness (QED) is 0.139. The molecule has 3 aromatic carbocycles. The monoisotopic (exact) mass is 649 g/mol. The molecule has 6 rings (SSSR count). The van der Waals surface area contributed by atoms with Gasteiger partial charge in [0.1, 0.15) is 11.6 Å². The van der Waals surface area contributed by atoms with Gasteiger partial charge in [0, 0.05) is 39.8 Å². The molecule has 6 aromatic rings. The van der Waals surface area contributed by atoms with E-state index in [0.29, 0.717) is 29.4 Å². The molecule has 0 radical (unpaired) electrons. The number of hydrogen-bond acceptors (Lipinski definition) is 7. The minimum atomic E-state index is -0.319. The first-order valence-corrected chi connectivity index (χ1v) is 17.0. The van der Waals surface area contributed by atoms with Crippen molar-refractivity contribution in [1.82, 2.24) is 29.7 Å². The molecule has 0 atom stereocenters. The summed E-state index contributed by atoms with van der Waals surface area (Å²) in [5, 5.41) is 30.0. The van der Waals surface area contributed by atoms with Gasteiger partial charge in [0.25, 0.3) is 0 Å². The second kappa shape index (κ2) is 13.3. The summed E-state index contributed by atoms with van der Waals surface area (Å²) in [6.07, 6.45) is 4.05. The maximum absolute atomic E-state index is 13.3. The van der Waals surface area contributed by atoms with Gasteiger partial charge in [0.05, 0.1) is 16.9 Å². The van der Waals surface area contributed by atoms with Crippen LogP contribution in [0.1, 0.15) is 30.7 Å². The molecule has 3 aromatic heterocycles. The predicted octanol–water partition coefficient (Wildman–Crippen LogP) is 7.71. The molecule has 0 aliphatic rings. The van der Waals surface area contributed by atoms with Crippen LogP contribution < -0.4 is 10.6 Å². The Morgan fingerprint density at radius 2 is 1.72 bits per heavy atom. The smallest absolute Gasteiger partial charge is 0.320 e. The number of para-hydroxylation sites is 1. The second-order valence-electron chi connectivity index (χ2n) is 11.6. The fourth-order valence-corrected chi connectivity index (χ4v) is 6.94. The molecule has 3 N–H and O–H groups in total. The molecular formula is C35H35N7O2S2. The largest absolute Gasteiger partial charge is 0.507 e. The highest BCUT2D eigenvalue weighted by Gasteiger charge is 2.26. The molecule has 46 heavy (non-hydrogen) atoms. The average molecular weight is 650 g/mol. The van der Waals surface area contributed by atoms with Crippen molar-refractivity contribution >= 4 is 41.0 Å². The number of anilines is 1. The highest BCUT2D eigenvalue weighted by atomic mass is 32.2. The van der Waals surface area contributed by atoms with E-state index in [0.717, 1.165) is 38.1 Å². The Hall–Kier alpha value is -4.74. The number of amides is 2. The number of nitrogens with one attached hydrogen (secondary N) is 2. The molecule has 234 valence electrons. The van der Waals surface area contributed by atoms with Crippen molar-refractivity contribution < 1.29 is 9.90 Å². The Bertz CT molecular complexity index is 2000. The summed E-state index contributed by atoms with van der Waals surface area (Å²) in [5.74, 6) is 2.22. The molecule has 0 aliphatic carbocycles. The number of thioether (sulfide) groups is 1. The summed E-state index contributed by atoms with van der Waals surface area (Å²) in [6.45, 7) is 6.70. The van der Waals surface area contributed by atoms with E-state index in [1.165, 1.54) is 0 Å². The summed E-state index contributed by atoms with van der Waals surface area (Å²) in [4.78, 5) is 15.2. The lowest BCUT2D eigenvalue weighted by Gasteiger charge is -2.20. The number of aromatic hydroxyl groups is 1. The van der Waals surface area contributed by atoms with Crippen LogP contribution in [-0.4, -0.2) is 47.5 Å². The Morgan fingerprint density at radius 1 is 0.957 bits per heavy atom.